The summed E-state index contributed by atoms with van der Waals surface area (Å²) in [5.74, 6) is -2.62. The molecule has 0 spiro atoms. The molecule has 2 amide bonds. The predicted molar refractivity (Wildman–Crippen MR) is 90.1 cm³/mol. The first-order valence-electron chi connectivity index (χ1n) is 7.69. The number of carbonyl (C=O) groups is 3. The summed E-state index contributed by atoms with van der Waals surface area (Å²) in [6, 6.07) is 8.64. The molecule has 2 aliphatic heterocycles. The van der Waals surface area contributed by atoms with Crippen molar-refractivity contribution in [1.29, 1.82) is 0 Å². The van der Waals surface area contributed by atoms with Crippen molar-refractivity contribution in [2.75, 3.05) is 0 Å². The Morgan fingerprint density at radius 1 is 1.36 bits per heavy atom. The fourth-order valence-corrected chi connectivity index (χ4v) is 5.24. The highest BCUT2D eigenvalue weighted by Crippen LogP contribution is 2.58. The van der Waals surface area contributed by atoms with Gasteiger partial charge in [-0.3, -0.25) is 14.5 Å². The number of fused-ring (bicyclic) bond motifs is 1. The molecule has 0 unspecified atom stereocenters. The monoisotopic (exact) mass is 363 g/mol. The third kappa shape index (κ3) is 2.33. The number of carbonyl (C=O) groups excluding carboxylic acids is 2. The molecule has 1 N–H and O–H groups in total. The van der Waals surface area contributed by atoms with Gasteiger partial charge in [0.1, 0.15) is 0 Å². The standard InChI is InChI=1S/C16H17N3O5S/c1-15(2)16(14(22)23,18-11(20)9-13(18)25-15)19(17-24)12(21)8-10-6-4-3-5-7-10/h3-7,13H,8-9H2,1-2H3,(H,22,23)/t13-,16-/m1/s1. The summed E-state index contributed by atoms with van der Waals surface area (Å²) >= 11 is 1.26. The van der Waals surface area contributed by atoms with Crippen molar-refractivity contribution in [2.24, 2.45) is 5.29 Å². The number of hydrogen-bond donors (Lipinski definition) is 1. The molecule has 1 aromatic carbocycles. The van der Waals surface area contributed by atoms with Gasteiger partial charge in [-0.25, -0.2) is 4.79 Å². The van der Waals surface area contributed by atoms with Gasteiger partial charge in [-0.15, -0.1) is 16.7 Å². The summed E-state index contributed by atoms with van der Waals surface area (Å²) in [6.45, 7) is 3.21. The number of amides is 2. The zero-order valence-corrected chi connectivity index (χ0v) is 14.5. The van der Waals surface area contributed by atoms with Gasteiger partial charge in [0.2, 0.25) is 5.91 Å². The van der Waals surface area contributed by atoms with Crippen LogP contribution >= 0.6 is 11.8 Å². The van der Waals surface area contributed by atoms with Gasteiger partial charge >= 0.3 is 5.97 Å². The minimum atomic E-state index is -2.13. The Kier molecular flexibility index (Phi) is 4.06. The Balaban J connectivity index is 2.03. The van der Waals surface area contributed by atoms with Gasteiger partial charge < -0.3 is 5.11 Å². The van der Waals surface area contributed by atoms with E-state index in [9.17, 15) is 24.4 Å². The zero-order chi connectivity index (χ0) is 18.4. The molecule has 0 bridgehead atoms. The second-order valence-electron chi connectivity index (χ2n) is 6.48. The summed E-state index contributed by atoms with van der Waals surface area (Å²) in [4.78, 5) is 49.7. The summed E-state index contributed by atoms with van der Waals surface area (Å²) in [5, 5.41) is 12.8. The van der Waals surface area contributed by atoms with E-state index >= 15 is 0 Å². The van der Waals surface area contributed by atoms with Crippen molar-refractivity contribution in [3.8, 4) is 0 Å². The van der Waals surface area contributed by atoms with Crippen molar-refractivity contribution < 1.29 is 19.5 Å². The van der Waals surface area contributed by atoms with Gasteiger partial charge in [0.15, 0.2) is 0 Å². The van der Waals surface area contributed by atoms with Crippen LogP contribution in [0.2, 0.25) is 0 Å². The minimum absolute atomic E-state index is 0.183. The Labute approximate surface area is 148 Å². The maximum absolute atomic E-state index is 12.7. The number of rotatable bonds is 5. The van der Waals surface area contributed by atoms with Crippen LogP contribution in [0.3, 0.4) is 0 Å². The second kappa shape index (κ2) is 5.83. The van der Waals surface area contributed by atoms with Crippen LogP contribution in [0.15, 0.2) is 35.6 Å². The maximum atomic E-state index is 12.7. The second-order valence-corrected chi connectivity index (χ2v) is 8.28. The normalized spacial score (nSPS) is 26.6. The van der Waals surface area contributed by atoms with E-state index in [1.54, 1.807) is 44.2 Å². The van der Waals surface area contributed by atoms with E-state index in [2.05, 4.69) is 5.29 Å². The summed E-state index contributed by atoms with van der Waals surface area (Å²) in [5.41, 5.74) is -1.51. The first-order valence-corrected chi connectivity index (χ1v) is 8.57. The number of carboxylic acid groups (broad SMARTS) is 1. The number of hydrogen-bond acceptors (Lipinski definition) is 6. The SMILES string of the molecule is CC1(C)S[C@@H]2CC(=O)N2[C@]1(C(=O)O)N(N=O)C(=O)Cc1ccccc1. The lowest BCUT2D eigenvalue weighted by molar-refractivity contribution is -0.191. The first-order chi connectivity index (χ1) is 11.8. The molecule has 2 atom stereocenters. The van der Waals surface area contributed by atoms with E-state index in [1.165, 1.54) is 11.8 Å². The lowest BCUT2D eigenvalue weighted by atomic mass is 9.89. The van der Waals surface area contributed by atoms with E-state index in [0.717, 1.165) is 4.90 Å². The summed E-state index contributed by atoms with van der Waals surface area (Å²) in [7, 11) is 0. The summed E-state index contributed by atoms with van der Waals surface area (Å²) in [6.07, 6.45) is -0.00223. The van der Waals surface area contributed by atoms with Gasteiger partial charge in [0.25, 0.3) is 11.6 Å². The van der Waals surface area contributed by atoms with Crippen LogP contribution in [0.1, 0.15) is 25.8 Å². The molecular formula is C16H17N3O5S. The molecule has 2 aliphatic rings. The Morgan fingerprint density at radius 2 is 2.00 bits per heavy atom. The van der Waals surface area contributed by atoms with Gasteiger partial charge in [0, 0.05) is 0 Å². The van der Waals surface area contributed by atoms with Crippen LogP contribution in [0, 0.1) is 4.91 Å². The van der Waals surface area contributed by atoms with Crippen LogP contribution in [0.4, 0.5) is 0 Å². The van der Waals surface area contributed by atoms with Gasteiger partial charge in [-0.05, 0) is 19.4 Å². The number of thioether (sulfide) groups is 1. The van der Waals surface area contributed by atoms with Crippen molar-refractivity contribution in [3.63, 3.8) is 0 Å². The summed E-state index contributed by atoms with van der Waals surface area (Å²) < 4.78 is -1.10. The molecule has 9 heteroatoms. The fourth-order valence-electron chi connectivity index (χ4n) is 3.52. The van der Waals surface area contributed by atoms with Gasteiger partial charge in [0.05, 0.1) is 28.2 Å². The molecule has 0 aliphatic carbocycles. The first kappa shape index (κ1) is 17.4. The average molecular weight is 363 g/mol. The Morgan fingerprint density at radius 3 is 2.52 bits per heavy atom. The number of nitrogens with zero attached hydrogens (tertiary/aromatic N) is 3. The van der Waals surface area contributed by atoms with Crippen LogP contribution in [-0.2, 0) is 20.8 Å². The van der Waals surface area contributed by atoms with Gasteiger partial charge in [-0.1, -0.05) is 30.3 Å². The van der Waals surface area contributed by atoms with Crippen LogP contribution in [0.5, 0.6) is 0 Å². The van der Waals surface area contributed by atoms with E-state index in [-0.39, 0.29) is 18.2 Å². The third-order valence-corrected chi connectivity index (χ3v) is 6.17. The molecule has 25 heavy (non-hydrogen) atoms. The highest BCUT2D eigenvalue weighted by molar-refractivity contribution is 8.01. The molecular weight excluding hydrogens is 346 g/mol. The number of nitroso groups, excluding NO2 is 1. The number of β-lactam (4-membered cyclic amide) rings is 1. The minimum Gasteiger partial charge on any atom is -0.478 e. The highest BCUT2D eigenvalue weighted by Gasteiger charge is 2.74. The molecule has 2 saturated heterocycles. The van der Waals surface area contributed by atoms with Crippen molar-refractivity contribution in [1.82, 2.24) is 9.91 Å². The molecule has 0 radical (unpaired) electrons. The zero-order valence-electron chi connectivity index (χ0n) is 13.7. The van der Waals surface area contributed by atoms with Crippen LogP contribution < -0.4 is 0 Å². The number of benzene rings is 1. The lowest BCUT2D eigenvalue weighted by Crippen LogP contribution is -2.74. The Hall–Kier alpha value is -2.42. The highest BCUT2D eigenvalue weighted by atomic mass is 32.2. The van der Waals surface area contributed by atoms with E-state index in [0.29, 0.717) is 10.6 Å². The molecule has 0 aromatic heterocycles. The molecule has 0 saturated carbocycles. The number of aliphatic carboxylic acids is 1. The topological polar surface area (TPSA) is 107 Å². The van der Waals surface area contributed by atoms with Crippen molar-refractivity contribution in [3.05, 3.63) is 40.8 Å². The number of carboxylic acids is 1. The van der Waals surface area contributed by atoms with Crippen LogP contribution in [-0.4, -0.2) is 48.6 Å². The fraction of sp³-hybridized carbons (Fsp3) is 0.438. The maximum Gasteiger partial charge on any atom is 0.354 e. The largest absolute Gasteiger partial charge is 0.478 e. The van der Waals surface area contributed by atoms with E-state index in [4.69, 9.17) is 0 Å². The molecule has 3 rings (SSSR count). The predicted octanol–water partition coefficient (Wildman–Crippen LogP) is 1.60. The van der Waals surface area contributed by atoms with Crippen molar-refractivity contribution >= 4 is 29.5 Å². The quantitative estimate of drug-likeness (QED) is 0.484. The Bertz CT molecular complexity index is 753. The average Bonchev–Trinajstić information content (AvgIpc) is 2.73. The molecule has 132 valence electrons. The molecule has 2 heterocycles. The molecule has 1 aromatic rings. The van der Waals surface area contributed by atoms with E-state index < -0.39 is 28.2 Å². The molecule has 2 fully saturated rings. The molecule has 8 nitrogen and oxygen atoms in total. The van der Waals surface area contributed by atoms with E-state index in [1.807, 2.05) is 0 Å². The van der Waals surface area contributed by atoms with Crippen molar-refractivity contribution in [2.45, 2.75) is 42.5 Å². The lowest BCUT2D eigenvalue weighted by Gasteiger charge is -2.48. The third-order valence-electron chi connectivity index (χ3n) is 4.65. The van der Waals surface area contributed by atoms with Crippen LogP contribution in [0.25, 0.3) is 0 Å². The van der Waals surface area contributed by atoms with Gasteiger partial charge in [-0.2, -0.15) is 5.01 Å². The smallest absolute Gasteiger partial charge is 0.354 e.